The Balaban J connectivity index is 4.98. The summed E-state index contributed by atoms with van der Waals surface area (Å²) in [4.78, 5) is 45.9. The van der Waals surface area contributed by atoms with Crippen molar-refractivity contribution in [3.8, 4) is 0 Å². The molecule has 2 amide bonds. The highest BCUT2D eigenvalue weighted by atomic mass is 16.6. The number of aliphatic carboxylic acids is 2. The Morgan fingerprint density at radius 3 is 1.24 bits per heavy atom. The van der Waals surface area contributed by atoms with Gasteiger partial charge in [-0.2, -0.15) is 0 Å². The van der Waals surface area contributed by atoms with E-state index in [9.17, 15) is 19.2 Å². The molecule has 0 aromatic rings. The van der Waals surface area contributed by atoms with Crippen LogP contribution in [0.1, 0.15) is 48.0 Å². The second-order valence-electron chi connectivity index (χ2n) is 7.31. The van der Waals surface area contributed by atoms with Crippen molar-refractivity contribution in [2.75, 3.05) is 0 Å². The van der Waals surface area contributed by atoms with Crippen LogP contribution in [-0.4, -0.2) is 57.6 Å². The number of carboxylic acid groups (broad SMARTS) is 2. The van der Waals surface area contributed by atoms with Crippen LogP contribution in [0.25, 0.3) is 0 Å². The number of carbonyl (C=O) groups excluding carboxylic acids is 2. The average Bonchev–Trinajstić information content (AvgIpc) is 2.31. The van der Waals surface area contributed by atoms with E-state index in [2.05, 4.69) is 10.6 Å². The predicted octanol–water partition coefficient (Wildman–Crippen LogP) is 1.33. The lowest BCUT2D eigenvalue weighted by atomic mass is 10.1. The fourth-order valence-electron chi connectivity index (χ4n) is 1.58. The molecule has 25 heavy (non-hydrogen) atoms. The zero-order valence-corrected chi connectivity index (χ0v) is 15.2. The Morgan fingerprint density at radius 1 is 0.760 bits per heavy atom. The zero-order valence-electron chi connectivity index (χ0n) is 15.2. The van der Waals surface area contributed by atoms with Gasteiger partial charge in [0, 0.05) is 6.42 Å². The van der Waals surface area contributed by atoms with E-state index in [1.54, 1.807) is 41.5 Å². The van der Waals surface area contributed by atoms with Crippen LogP contribution in [0.5, 0.6) is 0 Å². The van der Waals surface area contributed by atoms with Crippen molar-refractivity contribution in [3.05, 3.63) is 0 Å². The fourth-order valence-corrected chi connectivity index (χ4v) is 1.58. The van der Waals surface area contributed by atoms with Crippen LogP contribution in [-0.2, 0) is 19.1 Å². The van der Waals surface area contributed by atoms with Gasteiger partial charge in [0.15, 0.2) is 0 Å². The molecule has 0 aromatic heterocycles. The minimum atomic E-state index is -1.58. The Kier molecular flexibility index (Phi) is 7.68. The first-order chi connectivity index (χ1) is 11.1. The smallest absolute Gasteiger partial charge is 0.408 e. The van der Waals surface area contributed by atoms with Crippen molar-refractivity contribution < 1.29 is 38.9 Å². The summed E-state index contributed by atoms with van der Waals surface area (Å²) in [6, 6.07) is -3.16. The highest BCUT2D eigenvalue weighted by Crippen LogP contribution is 2.10. The van der Waals surface area contributed by atoms with Gasteiger partial charge < -0.3 is 30.3 Å². The fraction of sp³-hybridized carbons (Fsp3) is 0.733. The van der Waals surface area contributed by atoms with Gasteiger partial charge >= 0.3 is 24.1 Å². The molecule has 0 bridgehead atoms. The molecule has 2 atom stereocenters. The van der Waals surface area contributed by atoms with E-state index in [-0.39, 0.29) is 0 Å². The van der Waals surface area contributed by atoms with Crippen LogP contribution in [0.3, 0.4) is 0 Å². The van der Waals surface area contributed by atoms with Crippen molar-refractivity contribution in [2.24, 2.45) is 0 Å². The number of ether oxygens (including phenoxy) is 2. The minimum Gasteiger partial charge on any atom is -0.480 e. The third kappa shape index (κ3) is 10.8. The quantitative estimate of drug-likeness (QED) is 0.552. The lowest BCUT2D eigenvalue weighted by molar-refractivity contribution is -0.142. The summed E-state index contributed by atoms with van der Waals surface area (Å²) in [7, 11) is 0. The van der Waals surface area contributed by atoms with Crippen LogP contribution in [0, 0.1) is 0 Å². The number of rotatable bonds is 6. The molecule has 0 saturated carbocycles. The van der Waals surface area contributed by atoms with E-state index in [0.717, 1.165) is 0 Å². The van der Waals surface area contributed by atoms with Crippen LogP contribution in [0.2, 0.25) is 0 Å². The lowest BCUT2D eigenvalue weighted by Gasteiger charge is -2.25. The van der Waals surface area contributed by atoms with Gasteiger partial charge in [-0.05, 0) is 41.5 Å². The van der Waals surface area contributed by atoms with Gasteiger partial charge in [0.05, 0.1) is 0 Å². The molecule has 0 rings (SSSR count). The predicted molar refractivity (Wildman–Crippen MR) is 86.2 cm³/mol. The number of hydrogen-bond acceptors (Lipinski definition) is 6. The third-order valence-electron chi connectivity index (χ3n) is 2.45. The summed E-state index contributed by atoms with van der Waals surface area (Å²) in [5.41, 5.74) is -1.71. The van der Waals surface area contributed by atoms with Gasteiger partial charge in [-0.3, -0.25) is 0 Å². The standard InChI is InChI=1S/C15H26N2O8/c1-14(2,3)24-12(22)16-8(10(18)19)7-9(11(20)21)17-13(23)25-15(4,5)6/h8-9H,7H2,1-6H3,(H,16,22)(H,17,23)(H,18,19)(H,20,21). The van der Waals surface area contributed by atoms with Crippen LogP contribution in [0.15, 0.2) is 0 Å². The van der Waals surface area contributed by atoms with Crippen molar-refractivity contribution in [1.29, 1.82) is 0 Å². The first-order valence-corrected chi connectivity index (χ1v) is 7.55. The first-order valence-electron chi connectivity index (χ1n) is 7.55. The number of amides is 2. The second-order valence-corrected chi connectivity index (χ2v) is 7.31. The number of nitrogens with one attached hydrogen (secondary N) is 2. The van der Waals surface area contributed by atoms with Gasteiger partial charge in [0.2, 0.25) is 0 Å². The van der Waals surface area contributed by atoms with Gasteiger partial charge in [-0.15, -0.1) is 0 Å². The first kappa shape index (κ1) is 22.5. The Morgan fingerprint density at radius 2 is 1.04 bits per heavy atom. The van der Waals surface area contributed by atoms with E-state index >= 15 is 0 Å². The number of hydrogen-bond donors (Lipinski definition) is 4. The van der Waals surface area contributed by atoms with E-state index in [1.165, 1.54) is 0 Å². The Bertz CT molecular complexity index is 473. The molecule has 0 aromatic carbocycles. The van der Waals surface area contributed by atoms with Crippen LogP contribution in [0.4, 0.5) is 9.59 Å². The summed E-state index contributed by atoms with van der Waals surface area (Å²) in [6.07, 6.45) is -2.62. The molecule has 4 N–H and O–H groups in total. The number of carbonyl (C=O) groups is 4. The van der Waals surface area contributed by atoms with E-state index in [4.69, 9.17) is 19.7 Å². The molecule has 0 aliphatic carbocycles. The van der Waals surface area contributed by atoms with Gasteiger partial charge in [-0.25, -0.2) is 19.2 Å². The molecule has 0 aliphatic heterocycles. The SMILES string of the molecule is CC(C)(C)OC(=O)NC(CC(NC(=O)OC(C)(C)C)C(=O)O)C(=O)O. The van der Waals surface area contributed by atoms with Crippen molar-refractivity contribution in [1.82, 2.24) is 10.6 Å². The molecule has 0 fully saturated rings. The topological polar surface area (TPSA) is 151 Å². The summed E-state index contributed by atoms with van der Waals surface area (Å²) < 4.78 is 9.87. The van der Waals surface area contributed by atoms with E-state index in [1.807, 2.05) is 0 Å². The molecule has 0 heterocycles. The molecular formula is C15H26N2O8. The largest absolute Gasteiger partial charge is 0.480 e. The van der Waals surface area contributed by atoms with Gasteiger partial charge in [0.25, 0.3) is 0 Å². The Labute approximate surface area is 145 Å². The maximum Gasteiger partial charge on any atom is 0.408 e. The monoisotopic (exact) mass is 362 g/mol. The molecule has 0 radical (unpaired) electrons. The normalized spacial score (nSPS) is 14.0. The van der Waals surface area contributed by atoms with Crippen LogP contribution >= 0.6 is 0 Å². The number of carboxylic acids is 2. The maximum atomic E-state index is 11.7. The molecule has 0 spiro atoms. The maximum absolute atomic E-state index is 11.7. The highest BCUT2D eigenvalue weighted by molar-refractivity contribution is 5.83. The van der Waals surface area contributed by atoms with Crippen molar-refractivity contribution in [2.45, 2.75) is 71.2 Å². The highest BCUT2D eigenvalue weighted by Gasteiger charge is 2.32. The van der Waals surface area contributed by atoms with E-state index < -0.39 is 53.8 Å². The summed E-state index contributed by atoms with van der Waals surface area (Å²) in [6.45, 7) is 9.54. The van der Waals surface area contributed by atoms with Gasteiger partial charge in [0.1, 0.15) is 23.3 Å². The Hall–Kier alpha value is -2.52. The molecule has 10 nitrogen and oxygen atoms in total. The van der Waals surface area contributed by atoms with Crippen molar-refractivity contribution >= 4 is 24.1 Å². The summed E-state index contributed by atoms with van der Waals surface area (Å²) >= 11 is 0. The molecule has 10 heteroatoms. The summed E-state index contributed by atoms with van der Waals surface area (Å²) in [5, 5.41) is 22.5. The molecule has 144 valence electrons. The lowest BCUT2D eigenvalue weighted by Crippen LogP contribution is -2.51. The van der Waals surface area contributed by atoms with Gasteiger partial charge in [-0.1, -0.05) is 0 Å². The zero-order chi connectivity index (χ0) is 20.0. The number of alkyl carbamates (subject to hydrolysis) is 2. The average molecular weight is 362 g/mol. The molecule has 2 unspecified atom stereocenters. The van der Waals surface area contributed by atoms with Crippen LogP contribution < -0.4 is 10.6 Å². The summed E-state index contributed by atoms with van der Waals surface area (Å²) in [5.74, 6) is -2.94. The molecular weight excluding hydrogens is 336 g/mol. The molecule has 0 saturated heterocycles. The van der Waals surface area contributed by atoms with E-state index in [0.29, 0.717) is 0 Å². The minimum absolute atomic E-state index is 0.594. The third-order valence-corrected chi connectivity index (χ3v) is 2.45. The van der Waals surface area contributed by atoms with Crippen molar-refractivity contribution in [3.63, 3.8) is 0 Å². The molecule has 0 aliphatic rings. The second kappa shape index (κ2) is 8.54.